The normalized spacial score (nSPS) is 17.5. The third kappa shape index (κ3) is 5.95. The largest absolute Gasteiger partial charge is 0.352 e. The summed E-state index contributed by atoms with van der Waals surface area (Å²) in [7, 11) is -1.60. The summed E-state index contributed by atoms with van der Waals surface area (Å²) in [4.78, 5) is 7.04. The number of nitrogens with zero attached hydrogens (tertiary/aromatic N) is 2. The van der Waals surface area contributed by atoms with E-state index in [0.717, 1.165) is 50.3 Å². The first kappa shape index (κ1) is 21.6. The quantitative estimate of drug-likeness (QED) is 0.536. The van der Waals surface area contributed by atoms with Gasteiger partial charge >= 0.3 is 0 Å². The molecule has 2 fully saturated rings. The van der Waals surface area contributed by atoms with Crippen LogP contribution < -0.4 is 10.0 Å². The molecule has 0 atom stereocenters. The average Bonchev–Trinajstić information content (AvgIpc) is 3.60. The highest BCUT2D eigenvalue weighted by Gasteiger charge is 2.27. The van der Waals surface area contributed by atoms with E-state index in [9.17, 15) is 8.42 Å². The molecule has 164 valence electrons. The van der Waals surface area contributed by atoms with Crippen LogP contribution >= 0.6 is 0 Å². The van der Waals surface area contributed by atoms with Gasteiger partial charge in [0.05, 0.1) is 4.90 Å². The Labute approximate surface area is 185 Å². The molecule has 31 heavy (non-hydrogen) atoms. The van der Waals surface area contributed by atoms with E-state index in [1.54, 1.807) is 19.2 Å². The van der Waals surface area contributed by atoms with Crippen molar-refractivity contribution in [2.75, 3.05) is 20.1 Å². The summed E-state index contributed by atoms with van der Waals surface area (Å²) in [5.74, 6) is 0.880. The highest BCUT2D eigenvalue weighted by atomic mass is 32.2. The maximum atomic E-state index is 12.3. The predicted molar refractivity (Wildman–Crippen MR) is 125 cm³/mol. The van der Waals surface area contributed by atoms with Crippen LogP contribution in [0.1, 0.15) is 36.8 Å². The standard InChI is InChI=1S/C24H30N4O2S/c1-25-24(28-15-13-20(14-16-28)17-19-5-3-2-4-6-19)26-18-21-7-11-23(12-8-21)31(29,30)27-22-9-10-22/h2-8,11-12,17,22,27H,9-10,13-16,18H2,1H3,(H,25,26). The number of likely N-dealkylation sites (tertiary alicyclic amines) is 1. The second-order valence-corrected chi connectivity index (χ2v) is 9.85. The zero-order valence-corrected chi connectivity index (χ0v) is 18.7. The van der Waals surface area contributed by atoms with Crippen LogP contribution in [0.5, 0.6) is 0 Å². The third-order valence-corrected chi connectivity index (χ3v) is 7.21. The number of guanidine groups is 1. The molecule has 0 unspecified atom stereocenters. The first-order chi connectivity index (χ1) is 15.0. The summed E-state index contributed by atoms with van der Waals surface area (Å²) in [6.45, 7) is 2.47. The van der Waals surface area contributed by atoms with E-state index in [1.807, 2.05) is 18.2 Å². The molecule has 1 aliphatic carbocycles. The first-order valence-electron chi connectivity index (χ1n) is 10.8. The lowest BCUT2D eigenvalue weighted by Gasteiger charge is -2.31. The Morgan fingerprint density at radius 2 is 1.74 bits per heavy atom. The van der Waals surface area contributed by atoms with Gasteiger partial charge in [0.15, 0.2) is 5.96 Å². The summed E-state index contributed by atoms with van der Waals surface area (Å²) in [5.41, 5.74) is 3.74. The van der Waals surface area contributed by atoms with Crippen molar-refractivity contribution in [2.24, 2.45) is 4.99 Å². The second kappa shape index (κ2) is 9.66. The molecule has 2 N–H and O–H groups in total. The van der Waals surface area contributed by atoms with Crippen molar-refractivity contribution in [1.82, 2.24) is 14.9 Å². The van der Waals surface area contributed by atoms with Crippen LogP contribution in [0.25, 0.3) is 6.08 Å². The van der Waals surface area contributed by atoms with Crippen LogP contribution in [0, 0.1) is 0 Å². The van der Waals surface area contributed by atoms with Gasteiger partial charge in [-0.15, -0.1) is 0 Å². The summed E-state index contributed by atoms with van der Waals surface area (Å²) < 4.78 is 27.3. The molecule has 2 aliphatic rings. The molecule has 7 heteroatoms. The number of sulfonamides is 1. The summed E-state index contributed by atoms with van der Waals surface area (Å²) >= 11 is 0. The van der Waals surface area contributed by atoms with E-state index >= 15 is 0 Å². The lowest BCUT2D eigenvalue weighted by Crippen LogP contribution is -2.44. The van der Waals surface area contributed by atoms with Gasteiger partial charge in [-0.1, -0.05) is 54.1 Å². The van der Waals surface area contributed by atoms with Crippen molar-refractivity contribution in [3.8, 4) is 0 Å². The van der Waals surface area contributed by atoms with Crippen LogP contribution in [-0.4, -0.2) is 45.5 Å². The van der Waals surface area contributed by atoms with E-state index < -0.39 is 10.0 Å². The molecule has 1 saturated heterocycles. The lowest BCUT2D eigenvalue weighted by molar-refractivity contribution is 0.375. The number of hydrogen-bond donors (Lipinski definition) is 2. The molecule has 2 aromatic carbocycles. The van der Waals surface area contributed by atoms with E-state index in [-0.39, 0.29) is 6.04 Å². The monoisotopic (exact) mass is 438 g/mol. The minimum atomic E-state index is -3.40. The van der Waals surface area contributed by atoms with Gasteiger partial charge in [-0.3, -0.25) is 4.99 Å². The predicted octanol–water partition coefficient (Wildman–Crippen LogP) is 3.38. The molecule has 0 spiro atoms. The zero-order chi connectivity index (χ0) is 21.7. The zero-order valence-electron chi connectivity index (χ0n) is 17.9. The van der Waals surface area contributed by atoms with Crippen molar-refractivity contribution < 1.29 is 8.42 Å². The summed E-state index contributed by atoms with van der Waals surface area (Å²) in [6.07, 6.45) is 6.20. The maximum absolute atomic E-state index is 12.3. The molecule has 1 aliphatic heterocycles. The molecule has 6 nitrogen and oxygen atoms in total. The highest BCUT2D eigenvalue weighted by Crippen LogP contribution is 2.22. The molecule has 1 saturated carbocycles. The van der Waals surface area contributed by atoms with Crippen LogP contribution in [0.15, 0.2) is 70.1 Å². The number of aliphatic imine (C=N–C) groups is 1. The number of nitrogens with one attached hydrogen (secondary N) is 2. The van der Waals surface area contributed by atoms with Gasteiger partial charge < -0.3 is 10.2 Å². The topological polar surface area (TPSA) is 73.8 Å². The molecule has 4 rings (SSSR count). The maximum Gasteiger partial charge on any atom is 0.240 e. The van der Waals surface area contributed by atoms with Gasteiger partial charge in [-0.25, -0.2) is 13.1 Å². The molecule has 0 aromatic heterocycles. The SMILES string of the molecule is CN=C(NCc1ccc(S(=O)(=O)NC2CC2)cc1)N1CCC(=Cc2ccccc2)CC1. The molecular weight excluding hydrogens is 408 g/mol. The molecule has 0 amide bonds. The number of rotatable bonds is 6. The minimum absolute atomic E-state index is 0.113. The van der Waals surface area contributed by atoms with Gasteiger partial charge in [0.1, 0.15) is 0 Å². The van der Waals surface area contributed by atoms with E-state index in [1.165, 1.54) is 11.1 Å². The Kier molecular flexibility index (Phi) is 6.73. The Bertz CT molecular complexity index is 1030. The van der Waals surface area contributed by atoms with Gasteiger partial charge in [0.2, 0.25) is 10.0 Å². The Balaban J connectivity index is 1.29. The van der Waals surface area contributed by atoms with Crippen molar-refractivity contribution in [3.63, 3.8) is 0 Å². The van der Waals surface area contributed by atoms with Crippen molar-refractivity contribution in [2.45, 2.75) is 43.2 Å². The minimum Gasteiger partial charge on any atom is -0.352 e. The molecule has 1 heterocycles. The van der Waals surface area contributed by atoms with Crippen molar-refractivity contribution in [1.29, 1.82) is 0 Å². The van der Waals surface area contributed by atoms with Crippen molar-refractivity contribution >= 4 is 22.1 Å². The highest BCUT2D eigenvalue weighted by molar-refractivity contribution is 7.89. The van der Waals surface area contributed by atoms with Crippen molar-refractivity contribution in [3.05, 3.63) is 71.3 Å². The van der Waals surface area contributed by atoms with Crippen LogP contribution in [-0.2, 0) is 16.6 Å². The molecule has 0 radical (unpaired) electrons. The lowest BCUT2D eigenvalue weighted by atomic mass is 10.0. The first-order valence-corrected chi connectivity index (χ1v) is 12.3. The van der Waals surface area contributed by atoms with Crippen LogP contribution in [0.2, 0.25) is 0 Å². The Morgan fingerprint density at radius 3 is 2.35 bits per heavy atom. The fourth-order valence-electron chi connectivity index (χ4n) is 3.72. The number of hydrogen-bond acceptors (Lipinski definition) is 3. The van der Waals surface area contributed by atoms with E-state index in [4.69, 9.17) is 0 Å². The fraction of sp³-hybridized carbons (Fsp3) is 0.375. The Morgan fingerprint density at radius 1 is 1.06 bits per heavy atom. The van der Waals surface area contributed by atoms with Crippen LogP contribution in [0.4, 0.5) is 0 Å². The summed E-state index contributed by atoms with van der Waals surface area (Å²) in [5, 5.41) is 3.41. The molecular formula is C24H30N4O2S. The third-order valence-electron chi connectivity index (χ3n) is 5.67. The van der Waals surface area contributed by atoms with Gasteiger partial charge in [-0.05, 0) is 48.9 Å². The number of benzene rings is 2. The van der Waals surface area contributed by atoms with E-state index in [2.05, 4.69) is 50.3 Å². The number of piperidine rings is 1. The fourth-order valence-corrected chi connectivity index (χ4v) is 5.03. The Hall–Kier alpha value is -2.64. The summed E-state index contributed by atoms with van der Waals surface area (Å²) in [6, 6.07) is 17.6. The molecule has 2 aromatic rings. The van der Waals surface area contributed by atoms with Gasteiger partial charge in [0.25, 0.3) is 0 Å². The molecule has 0 bridgehead atoms. The average molecular weight is 439 g/mol. The van der Waals surface area contributed by atoms with E-state index in [0.29, 0.717) is 11.4 Å². The van der Waals surface area contributed by atoms with Crippen LogP contribution in [0.3, 0.4) is 0 Å². The van der Waals surface area contributed by atoms with Gasteiger partial charge in [0, 0.05) is 32.7 Å². The smallest absolute Gasteiger partial charge is 0.240 e. The van der Waals surface area contributed by atoms with Gasteiger partial charge in [-0.2, -0.15) is 0 Å². The second-order valence-electron chi connectivity index (χ2n) is 8.14.